The zero-order valence-electron chi connectivity index (χ0n) is 12.1. The van der Waals surface area contributed by atoms with E-state index >= 15 is 0 Å². The second-order valence-electron chi connectivity index (χ2n) is 5.78. The number of benzene rings is 1. The zero-order valence-corrected chi connectivity index (χ0v) is 13.2. The molecule has 0 unspecified atom stereocenters. The van der Waals surface area contributed by atoms with Crippen molar-refractivity contribution in [3.05, 3.63) is 78.4 Å². The summed E-state index contributed by atoms with van der Waals surface area (Å²) in [4.78, 5) is 0. The maximum Gasteiger partial charge on any atom is 0.0920 e. The molecule has 0 bridgehead atoms. The van der Waals surface area contributed by atoms with Crippen LogP contribution < -0.4 is 5.19 Å². The molecule has 3 rings (SSSR count). The van der Waals surface area contributed by atoms with Crippen LogP contribution in [-0.4, -0.2) is 8.80 Å². The molecule has 0 fully saturated rings. The van der Waals surface area contributed by atoms with E-state index in [-0.39, 0.29) is 0 Å². The standard InChI is InChI=1S/C19H22Si/c1-16-12-14-19(15-13-16)20(17-8-4-2-5-9-17)18-10-6-3-7-11-18/h4-15,17-18,20H,2-3H2,1H3. The summed E-state index contributed by atoms with van der Waals surface area (Å²) in [6.45, 7) is 2.17. The van der Waals surface area contributed by atoms with E-state index in [0.29, 0.717) is 11.1 Å². The Hall–Kier alpha value is -1.60. The SMILES string of the molecule is Cc1ccc([SiH](C2C=CCC=C2)C2C=CCC=C2)cc1. The molecule has 0 heterocycles. The Kier molecular flexibility index (Phi) is 4.17. The second-order valence-corrected chi connectivity index (χ2v) is 9.03. The molecule has 2 aliphatic carbocycles. The van der Waals surface area contributed by atoms with Gasteiger partial charge < -0.3 is 0 Å². The first-order chi connectivity index (χ1) is 9.84. The largest absolute Gasteiger partial charge is 0.0920 e. The predicted molar refractivity (Wildman–Crippen MR) is 91.3 cm³/mol. The van der Waals surface area contributed by atoms with Gasteiger partial charge in [-0.05, 0) is 30.8 Å². The number of hydrogen-bond acceptors (Lipinski definition) is 0. The smallest absolute Gasteiger partial charge is 0.0844 e. The van der Waals surface area contributed by atoms with Gasteiger partial charge in [-0.1, -0.05) is 83.6 Å². The highest BCUT2D eigenvalue weighted by molar-refractivity contribution is 6.77. The highest BCUT2D eigenvalue weighted by Crippen LogP contribution is 2.30. The second kappa shape index (κ2) is 6.23. The van der Waals surface area contributed by atoms with E-state index in [1.165, 1.54) is 5.56 Å². The van der Waals surface area contributed by atoms with Crippen LogP contribution in [0, 0.1) is 6.92 Å². The third-order valence-corrected chi connectivity index (χ3v) is 7.97. The molecule has 0 amide bonds. The van der Waals surface area contributed by atoms with Crippen LogP contribution in [0.4, 0.5) is 0 Å². The van der Waals surface area contributed by atoms with Crippen molar-refractivity contribution in [2.75, 3.05) is 0 Å². The fourth-order valence-electron chi connectivity index (χ4n) is 3.20. The molecule has 1 aromatic rings. The molecule has 20 heavy (non-hydrogen) atoms. The molecule has 0 nitrogen and oxygen atoms in total. The monoisotopic (exact) mass is 278 g/mol. The lowest BCUT2D eigenvalue weighted by atomic mass is 10.2. The summed E-state index contributed by atoms with van der Waals surface area (Å²) in [7, 11) is -1.12. The Balaban J connectivity index is 1.95. The van der Waals surface area contributed by atoms with Gasteiger partial charge in [0, 0.05) is 0 Å². The molecular formula is C19H22Si. The van der Waals surface area contributed by atoms with Gasteiger partial charge in [-0.25, -0.2) is 0 Å². The third-order valence-electron chi connectivity index (χ3n) is 4.27. The minimum Gasteiger partial charge on any atom is -0.0844 e. The first kappa shape index (κ1) is 13.4. The molecule has 0 aromatic heterocycles. The van der Waals surface area contributed by atoms with Crippen LogP contribution in [0.25, 0.3) is 0 Å². The molecule has 102 valence electrons. The lowest BCUT2D eigenvalue weighted by molar-refractivity contribution is 1.13. The lowest BCUT2D eigenvalue weighted by Gasteiger charge is -2.28. The topological polar surface area (TPSA) is 0 Å². The molecule has 1 heteroatoms. The summed E-state index contributed by atoms with van der Waals surface area (Å²) in [5.74, 6) is 0. The number of aryl methyl sites for hydroxylation is 1. The van der Waals surface area contributed by atoms with Crippen molar-refractivity contribution in [3.63, 3.8) is 0 Å². The highest BCUT2D eigenvalue weighted by atomic mass is 28.3. The van der Waals surface area contributed by atoms with E-state index < -0.39 is 8.80 Å². The average molecular weight is 278 g/mol. The molecule has 0 saturated heterocycles. The van der Waals surface area contributed by atoms with Gasteiger partial charge in [-0.2, -0.15) is 0 Å². The first-order valence-electron chi connectivity index (χ1n) is 7.58. The van der Waals surface area contributed by atoms with E-state index in [0.717, 1.165) is 12.8 Å². The van der Waals surface area contributed by atoms with E-state index in [2.05, 4.69) is 79.8 Å². The molecule has 2 aliphatic rings. The summed E-state index contributed by atoms with van der Waals surface area (Å²) in [6.07, 6.45) is 21.3. The minimum absolute atomic E-state index is 0.642. The van der Waals surface area contributed by atoms with Gasteiger partial charge in [0.2, 0.25) is 0 Å². The number of rotatable bonds is 3. The zero-order chi connectivity index (χ0) is 13.8. The molecule has 0 N–H and O–H groups in total. The van der Waals surface area contributed by atoms with E-state index in [4.69, 9.17) is 0 Å². The first-order valence-corrected chi connectivity index (χ1v) is 9.49. The summed E-state index contributed by atoms with van der Waals surface area (Å²) in [5.41, 5.74) is 2.64. The van der Waals surface area contributed by atoms with Crippen molar-refractivity contribution in [1.82, 2.24) is 0 Å². The molecular weight excluding hydrogens is 256 g/mol. The fourth-order valence-corrected chi connectivity index (χ4v) is 6.82. The van der Waals surface area contributed by atoms with Crippen LogP contribution in [0.5, 0.6) is 0 Å². The van der Waals surface area contributed by atoms with Crippen LogP contribution in [0.3, 0.4) is 0 Å². The van der Waals surface area contributed by atoms with Crippen LogP contribution >= 0.6 is 0 Å². The summed E-state index contributed by atoms with van der Waals surface area (Å²) in [5, 5.41) is 1.58. The molecule has 0 aliphatic heterocycles. The van der Waals surface area contributed by atoms with Crippen molar-refractivity contribution in [3.8, 4) is 0 Å². The van der Waals surface area contributed by atoms with Gasteiger partial charge in [0.25, 0.3) is 0 Å². The lowest BCUT2D eigenvalue weighted by Crippen LogP contribution is -2.37. The maximum atomic E-state index is 2.44. The quantitative estimate of drug-likeness (QED) is 0.574. The van der Waals surface area contributed by atoms with Gasteiger partial charge >= 0.3 is 0 Å². The van der Waals surface area contributed by atoms with Crippen molar-refractivity contribution in [2.45, 2.75) is 30.8 Å². The Labute approximate surface area is 123 Å². The van der Waals surface area contributed by atoms with Gasteiger partial charge in [-0.15, -0.1) is 0 Å². The van der Waals surface area contributed by atoms with Crippen molar-refractivity contribution in [1.29, 1.82) is 0 Å². The van der Waals surface area contributed by atoms with E-state index in [9.17, 15) is 0 Å². The van der Waals surface area contributed by atoms with Crippen molar-refractivity contribution >= 4 is 14.0 Å². The van der Waals surface area contributed by atoms with Gasteiger partial charge in [0.05, 0.1) is 8.80 Å². The number of hydrogen-bond donors (Lipinski definition) is 0. The summed E-state index contributed by atoms with van der Waals surface area (Å²) >= 11 is 0. The Morgan fingerprint density at radius 1 is 0.750 bits per heavy atom. The van der Waals surface area contributed by atoms with Crippen molar-refractivity contribution < 1.29 is 0 Å². The van der Waals surface area contributed by atoms with Gasteiger partial charge in [0.1, 0.15) is 0 Å². The average Bonchev–Trinajstić information content (AvgIpc) is 2.52. The van der Waals surface area contributed by atoms with Crippen molar-refractivity contribution in [2.24, 2.45) is 0 Å². The molecule has 0 radical (unpaired) electrons. The van der Waals surface area contributed by atoms with Gasteiger partial charge in [-0.3, -0.25) is 0 Å². The van der Waals surface area contributed by atoms with Gasteiger partial charge in [0.15, 0.2) is 0 Å². The van der Waals surface area contributed by atoms with Crippen LogP contribution in [0.1, 0.15) is 18.4 Å². The van der Waals surface area contributed by atoms with Crippen LogP contribution in [0.15, 0.2) is 72.9 Å². The Morgan fingerprint density at radius 3 is 1.65 bits per heavy atom. The molecule has 0 spiro atoms. The van der Waals surface area contributed by atoms with Crippen LogP contribution in [-0.2, 0) is 0 Å². The molecule has 1 aromatic carbocycles. The maximum absolute atomic E-state index is 2.44. The predicted octanol–water partition coefficient (Wildman–Crippen LogP) is 4.20. The van der Waals surface area contributed by atoms with E-state index in [1.807, 2.05) is 0 Å². The number of allylic oxidation sites excluding steroid dienone is 8. The highest BCUT2D eigenvalue weighted by Gasteiger charge is 2.28. The third kappa shape index (κ3) is 2.93. The summed E-state index contributed by atoms with van der Waals surface area (Å²) in [6, 6.07) is 9.25. The molecule has 0 atom stereocenters. The minimum atomic E-state index is -1.12. The fraction of sp³-hybridized carbons (Fsp3) is 0.263. The Morgan fingerprint density at radius 2 is 1.20 bits per heavy atom. The normalized spacial score (nSPS) is 19.1. The molecule has 0 saturated carbocycles. The van der Waals surface area contributed by atoms with E-state index in [1.54, 1.807) is 5.19 Å². The Bertz CT molecular complexity index is 506. The van der Waals surface area contributed by atoms with Crippen LogP contribution in [0.2, 0.25) is 11.1 Å². The summed E-state index contributed by atoms with van der Waals surface area (Å²) < 4.78 is 0.